The van der Waals surface area contributed by atoms with E-state index in [9.17, 15) is 9.59 Å². The van der Waals surface area contributed by atoms with Crippen LogP contribution in [0.2, 0.25) is 10.0 Å². The largest absolute Gasteiger partial charge is 0.373 e. The van der Waals surface area contributed by atoms with Crippen LogP contribution in [0.15, 0.2) is 42.5 Å². The Hall–Kier alpha value is -2.04. The summed E-state index contributed by atoms with van der Waals surface area (Å²) in [7, 11) is 0. The smallest absolute Gasteiger partial charge is 0.256 e. The number of halogens is 2. The van der Waals surface area contributed by atoms with E-state index in [0.717, 1.165) is 16.2 Å². The van der Waals surface area contributed by atoms with Crippen LogP contribution in [0.5, 0.6) is 0 Å². The molecule has 0 aromatic heterocycles. The molecule has 6 heteroatoms. The predicted molar refractivity (Wildman–Crippen MR) is 92.2 cm³/mol. The molecule has 2 aromatic rings. The van der Waals surface area contributed by atoms with Crippen molar-refractivity contribution in [3.63, 3.8) is 0 Å². The monoisotopic (exact) mass is 348 g/mol. The van der Waals surface area contributed by atoms with Crippen LogP contribution in [0.3, 0.4) is 0 Å². The van der Waals surface area contributed by atoms with Gasteiger partial charge in [0.05, 0.1) is 17.1 Å². The lowest BCUT2D eigenvalue weighted by Gasteiger charge is -2.17. The molecule has 1 atom stereocenters. The highest BCUT2D eigenvalue weighted by Gasteiger charge is 2.40. The summed E-state index contributed by atoms with van der Waals surface area (Å²) in [5.41, 5.74) is 2.24. The molecule has 23 heavy (non-hydrogen) atoms. The van der Waals surface area contributed by atoms with Crippen molar-refractivity contribution in [3.05, 3.63) is 58.1 Å². The molecule has 0 saturated carbocycles. The van der Waals surface area contributed by atoms with E-state index in [1.54, 1.807) is 12.1 Å². The van der Waals surface area contributed by atoms with E-state index in [-0.39, 0.29) is 23.3 Å². The van der Waals surface area contributed by atoms with Gasteiger partial charge >= 0.3 is 0 Å². The normalized spacial score (nSPS) is 17.7. The highest BCUT2D eigenvalue weighted by molar-refractivity contribution is 6.38. The molecule has 0 spiro atoms. The Bertz CT molecular complexity index is 792. The third-order valence-electron chi connectivity index (χ3n) is 3.66. The summed E-state index contributed by atoms with van der Waals surface area (Å²) in [5.74, 6) is -0.606. The number of amides is 2. The lowest BCUT2D eigenvalue weighted by Crippen LogP contribution is -2.35. The minimum absolute atomic E-state index is 0.0890. The van der Waals surface area contributed by atoms with E-state index in [4.69, 9.17) is 23.2 Å². The molecule has 1 N–H and O–H groups in total. The van der Waals surface area contributed by atoms with E-state index in [2.05, 4.69) is 5.32 Å². The summed E-state index contributed by atoms with van der Waals surface area (Å²) in [6.07, 6.45) is 0.0890. The third kappa shape index (κ3) is 3.19. The number of nitrogens with zero attached hydrogens (tertiary/aromatic N) is 1. The fraction of sp³-hybridized carbons (Fsp3) is 0.176. The Morgan fingerprint density at radius 3 is 2.61 bits per heavy atom. The molecule has 1 heterocycles. The van der Waals surface area contributed by atoms with Gasteiger partial charge in [0, 0.05) is 10.7 Å². The Morgan fingerprint density at radius 2 is 1.91 bits per heavy atom. The molecule has 4 nitrogen and oxygen atoms in total. The van der Waals surface area contributed by atoms with Crippen LogP contribution in [0.1, 0.15) is 12.0 Å². The zero-order chi connectivity index (χ0) is 16.6. The number of carbonyl (C=O) groups excluding carboxylic acids is 2. The fourth-order valence-corrected chi connectivity index (χ4v) is 3.09. The molecule has 118 valence electrons. The SMILES string of the molecule is Cc1cccc(NC2CC(=O)N(c3ccc(Cl)cc3Cl)C2=O)c1. The zero-order valence-corrected chi connectivity index (χ0v) is 13.9. The second-order valence-electron chi connectivity index (χ2n) is 5.43. The lowest BCUT2D eigenvalue weighted by molar-refractivity contribution is -0.121. The van der Waals surface area contributed by atoms with Gasteiger partial charge in [0.1, 0.15) is 6.04 Å². The first-order valence-electron chi connectivity index (χ1n) is 7.11. The van der Waals surface area contributed by atoms with E-state index in [1.165, 1.54) is 6.07 Å². The number of anilines is 2. The number of hydrogen-bond acceptors (Lipinski definition) is 3. The van der Waals surface area contributed by atoms with Crippen molar-refractivity contribution in [2.24, 2.45) is 0 Å². The Labute approximate surface area is 144 Å². The average molecular weight is 349 g/mol. The van der Waals surface area contributed by atoms with Gasteiger partial charge in [-0.05, 0) is 42.8 Å². The molecule has 3 rings (SSSR count). The quantitative estimate of drug-likeness (QED) is 0.851. The van der Waals surface area contributed by atoms with Crippen molar-refractivity contribution >= 4 is 46.4 Å². The van der Waals surface area contributed by atoms with Gasteiger partial charge in [-0.1, -0.05) is 35.3 Å². The summed E-state index contributed by atoms with van der Waals surface area (Å²) in [5, 5.41) is 3.84. The minimum atomic E-state index is -0.601. The number of imide groups is 1. The van der Waals surface area contributed by atoms with Crippen molar-refractivity contribution in [2.45, 2.75) is 19.4 Å². The molecule has 1 unspecified atom stereocenters. The molecule has 1 fully saturated rings. The van der Waals surface area contributed by atoms with Crippen LogP contribution in [-0.2, 0) is 9.59 Å². The van der Waals surface area contributed by atoms with E-state index >= 15 is 0 Å². The van der Waals surface area contributed by atoms with Crippen molar-refractivity contribution < 1.29 is 9.59 Å². The van der Waals surface area contributed by atoms with Crippen LogP contribution >= 0.6 is 23.2 Å². The molecular weight excluding hydrogens is 335 g/mol. The lowest BCUT2D eigenvalue weighted by atomic mass is 10.2. The number of hydrogen-bond donors (Lipinski definition) is 1. The Morgan fingerprint density at radius 1 is 1.13 bits per heavy atom. The molecule has 0 radical (unpaired) electrons. The number of carbonyl (C=O) groups is 2. The number of benzene rings is 2. The van der Waals surface area contributed by atoms with Crippen molar-refractivity contribution in [2.75, 3.05) is 10.2 Å². The number of rotatable bonds is 3. The van der Waals surface area contributed by atoms with Crippen LogP contribution in [0.25, 0.3) is 0 Å². The number of aryl methyl sites for hydroxylation is 1. The summed E-state index contributed by atoms with van der Waals surface area (Å²) in [6.45, 7) is 1.96. The zero-order valence-electron chi connectivity index (χ0n) is 12.3. The second kappa shape index (κ2) is 6.22. The van der Waals surface area contributed by atoms with Crippen molar-refractivity contribution in [1.82, 2.24) is 0 Å². The van der Waals surface area contributed by atoms with Gasteiger partial charge in [0.15, 0.2) is 0 Å². The number of nitrogens with one attached hydrogen (secondary N) is 1. The van der Waals surface area contributed by atoms with Gasteiger partial charge in [0.25, 0.3) is 5.91 Å². The highest BCUT2D eigenvalue weighted by Crippen LogP contribution is 2.33. The topological polar surface area (TPSA) is 49.4 Å². The molecule has 1 aliphatic heterocycles. The van der Waals surface area contributed by atoms with Gasteiger partial charge in [-0.25, -0.2) is 4.90 Å². The van der Waals surface area contributed by atoms with Gasteiger partial charge in [-0.3, -0.25) is 9.59 Å². The Balaban J connectivity index is 1.85. The maximum atomic E-state index is 12.6. The third-order valence-corrected chi connectivity index (χ3v) is 4.19. The van der Waals surface area contributed by atoms with Crippen LogP contribution in [0, 0.1) is 6.92 Å². The average Bonchev–Trinajstić information content (AvgIpc) is 2.74. The summed E-state index contributed by atoms with van der Waals surface area (Å²) >= 11 is 12.0. The first-order chi connectivity index (χ1) is 11.0. The first-order valence-corrected chi connectivity index (χ1v) is 7.86. The molecule has 2 aromatic carbocycles. The predicted octanol–water partition coefficient (Wildman–Crippen LogP) is 4.05. The standard InChI is InChI=1S/C17H14Cl2N2O2/c1-10-3-2-4-12(7-10)20-14-9-16(22)21(17(14)23)15-6-5-11(18)8-13(15)19/h2-8,14,20H,9H2,1H3. The highest BCUT2D eigenvalue weighted by atomic mass is 35.5. The van der Waals surface area contributed by atoms with E-state index in [1.807, 2.05) is 31.2 Å². The molecule has 1 aliphatic rings. The van der Waals surface area contributed by atoms with Crippen molar-refractivity contribution in [1.29, 1.82) is 0 Å². The molecule has 2 amide bonds. The second-order valence-corrected chi connectivity index (χ2v) is 6.28. The fourth-order valence-electron chi connectivity index (χ4n) is 2.60. The molecule has 1 saturated heterocycles. The van der Waals surface area contributed by atoms with Gasteiger partial charge in [0.2, 0.25) is 5.91 Å². The van der Waals surface area contributed by atoms with E-state index < -0.39 is 6.04 Å². The maximum absolute atomic E-state index is 12.6. The molecular formula is C17H14Cl2N2O2. The Kier molecular flexibility index (Phi) is 4.28. The van der Waals surface area contributed by atoms with Gasteiger partial charge in [-0.2, -0.15) is 0 Å². The van der Waals surface area contributed by atoms with Gasteiger partial charge < -0.3 is 5.32 Å². The molecule has 0 bridgehead atoms. The van der Waals surface area contributed by atoms with Crippen molar-refractivity contribution in [3.8, 4) is 0 Å². The summed E-state index contributed by atoms with van der Waals surface area (Å²) < 4.78 is 0. The summed E-state index contributed by atoms with van der Waals surface area (Å²) in [6, 6.07) is 11.7. The van der Waals surface area contributed by atoms with Crippen LogP contribution in [-0.4, -0.2) is 17.9 Å². The van der Waals surface area contributed by atoms with Crippen LogP contribution < -0.4 is 10.2 Å². The summed E-state index contributed by atoms with van der Waals surface area (Å²) in [4.78, 5) is 26.0. The molecule has 0 aliphatic carbocycles. The minimum Gasteiger partial charge on any atom is -0.373 e. The maximum Gasteiger partial charge on any atom is 0.256 e. The first kappa shape index (κ1) is 15.8. The van der Waals surface area contributed by atoms with Crippen LogP contribution in [0.4, 0.5) is 11.4 Å². The van der Waals surface area contributed by atoms with Gasteiger partial charge in [-0.15, -0.1) is 0 Å². The van der Waals surface area contributed by atoms with E-state index in [0.29, 0.717) is 10.7 Å².